The molecule has 7 atom stereocenters. The Labute approximate surface area is 269 Å². The Morgan fingerprint density at radius 1 is 1.06 bits per heavy atom. The third-order valence-electron chi connectivity index (χ3n) is 10.1. The van der Waals surface area contributed by atoms with Crippen LogP contribution in [0.1, 0.15) is 77.8 Å². The number of hydrogen-bond acceptors (Lipinski definition) is 8. The minimum atomic E-state index is -3.51. The number of aliphatic carboxylic acids is 1. The average molecular weight is 666 g/mol. The smallest absolute Gasteiger partial charge is 0.387 e. The Balaban J connectivity index is 1.38. The molecule has 3 heterocycles. The predicted molar refractivity (Wildman–Crippen MR) is 158 cm³/mol. The van der Waals surface area contributed by atoms with Gasteiger partial charge in [0.25, 0.3) is 5.92 Å². The molecular formula is C33H39F4N3O7. The van der Waals surface area contributed by atoms with E-state index in [-0.39, 0.29) is 54.6 Å². The van der Waals surface area contributed by atoms with Crippen LogP contribution in [0.2, 0.25) is 0 Å². The van der Waals surface area contributed by atoms with E-state index in [1.165, 1.54) is 12.1 Å². The second-order valence-corrected chi connectivity index (χ2v) is 14.4. The van der Waals surface area contributed by atoms with E-state index in [2.05, 4.69) is 14.7 Å². The molecule has 2 aliphatic carbocycles. The zero-order valence-electron chi connectivity index (χ0n) is 26.5. The van der Waals surface area contributed by atoms with Crippen molar-refractivity contribution >= 4 is 28.9 Å². The van der Waals surface area contributed by atoms with Crippen LogP contribution in [-0.4, -0.2) is 69.2 Å². The SMILES string of the molecule is CC(C)(C)[C@@H]1CC(=O)O[C@@H]2C[C@@H]3C[C@@H]3[C@H]2CCCCC(F)(F)c2nc3ccc(OC(F)F)cc3nc2O[C@@H]2C[C@@H](C(=O)O)N(C2)C1=O. The van der Waals surface area contributed by atoms with Crippen LogP contribution in [0, 0.1) is 29.1 Å². The first-order chi connectivity index (χ1) is 22.1. The van der Waals surface area contributed by atoms with Gasteiger partial charge < -0.3 is 24.2 Å². The molecule has 3 fully saturated rings. The normalized spacial score (nSPS) is 31.2. The van der Waals surface area contributed by atoms with Crippen LogP contribution in [0.4, 0.5) is 17.6 Å². The third-order valence-corrected chi connectivity index (χ3v) is 10.1. The Kier molecular flexibility index (Phi) is 8.75. The molecule has 6 rings (SSSR count). The highest BCUT2D eigenvalue weighted by molar-refractivity contribution is 5.89. The van der Waals surface area contributed by atoms with E-state index in [0.717, 1.165) is 17.4 Å². The second kappa shape index (κ2) is 12.4. The lowest BCUT2D eigenvalue weighted by atomic mass is 9.77. The molecule has 2 bridgehead atoms. The number of carbonyl (C=O) groups excluding carboxylic acids is 2. The zero-order valence-corrected chi connectivity index (χ0v) is 26.5. The van der Waals surface area contributed by atoms with Gasteiger partial charge in [-0.15, -0.1) is 0 Å². The number of carbonyl (C=O) groups is 3. The molecule has 0 unspecified atom stereocenters. The van der Waals surface area contributed by atoms with E-state index < -0.39 is 71.9 Å². The molecule has 256 valence electrons. The minimum Gasteiger partial charge on any atom is -0.480 e. The van der Waals surface area contributed by atoms with E-state index >= 15 is 8.78 Å². The summed E-state index contributed by atoms with van der Waals surface area (Å²) in [7, 11) is 0. The van der Waals surface area contributed by atoms with Gasteiger partial charge in [0, 0.05) is 18.9 Å². The lowest BCUT2D eigenvalue weighted by Gasteiger charge is -2.34. The fourth-order valence-electron chi connectivity index (χ4n) is 7.58. The summed E-state index contributed by atoms with van der Waals surface area (Å²) >= 11 is 0. The summed E-state index contributed by atoms with van der Waals surface area (Å²) in [5.41, 5.74) is -1.54. The molecule has 1 saturated heterocycles. The number of fused-ring (bicyclic) bond motifs is 7. The fraction of sp³-hybridized carbons (Fsp3) is 0.667. The fourth-order valence-corrected chi connectivity index (χ4v) is 7.58. The van der Waals surface area contributed by atoms with Gasteiger partial charge in [0.2, 0.25) is 11.8 Å². The van der Waals surface area contributed by atoms with Gasteiger partial charge in [-0.05, 0) is 61.0 Å². The van der Waals surface area contributed by atoms with E-state index in [1.54, 1.807) is 20.8 Å². The highest BCUT2D eigenvalue weighted by Gasteiger charge is 2.55. The molecule has 2 aliphatic heterocycles. The van der Waals surface area contributed by atoms with E-state index in [1.807, 2.05) is 0 Å². The van der Waals surface area contributed by atoms with Crippen LogP contribution in [0.15, 0.2) is 18.2 Å². The van der Waals surface area contributed by atoms with E-state index in [0.29, 0.717) is 31.1 Å². The summed E-state index contributed by atoms with van der Waals surface area (Å²) < 4.78 is 74.0. The molecule has 4 aliphatic rings. The molecular weight excluding hydrogens is 626 g/mol. The van der Waals surface area contributed by atoms with E-state index in [9.17, 15) is 28.3 Å². The maximum Gasteiger partial charge on any atom is 0.387 e. The summed E-state index contributed by atoms with van der Waals surface area (Å²) in [6.45, 7) is 1.96. The minimum absolute atomic E-state index is 0.00540. The number of rotatable bonds is 3. The highest BCUT2D eigenvalue weighted by atomic mass is 19.3. The number of carboxylic acids is 1. The van der Waals surface area contributed by atoms with Crippen LogP contribution in [-0.2, 0) is 25.0 Å². The van der Waals surface area contributed by atoms with Crippen LogP contribution >= 0.6 is 0 Å². The van der Waals surface area contributed by atoms with Crippen molar-refractivity contribution in [3.8, 4) is 11.6 Å². The first kappa shape index (κ1) is 33.2. The van der Waals surface area contributed by atoms with Gasteiger partial charge in [-0.3, -0.25) is 9.59 Å². The first-order valence-corrected chi connectivity index (χ1v) is 16.1. The van der Waals surface area contributed by atoms with Crippen LogP contribution in [0.3, 0.4) is 0 Å². The Morgan fingerprint density at radius 2 is 1.83 bits per heavy atom. The third kappa shape index (κ3) is 6.96. The number of amides is 1. The largest absolute Gasteiger partial charge is 0.480 e. The molecule has 0 spiro atoms. The summed E-state index contributed by atoms with van der Waals surface area (Å²) in [6.07, 6.45) is 0.451. The molecule has 1 aromatic heterocycles. The monoisotopic (exact) mass is 665 g/mol. The van der Waals surface area contributed by atoms with Crippen LogP contribution in [0.5, 0.6) is 11.6 Å². The second-order valence-electron chi connectivity index (χ2n) is 14.4. The Bertz CT molecular complexity index is 1550. The van der Waals surface area contributed by atoms with Crippen molar-refractivity contribution in [3.63, 3.8) is 0 Å². The molecule has 10 nitrogen and oxygen atoms in total. The summed E-state index contributed by atoms with van der Waals surface area (Å²) in [4.78, 5) is 49.2. The first-order valence-electron chi connectivity index (χ1n) is 16.1. The van der Waals surface area contributed by atoms with Crippen molar-refractivity contribution < 1.29 is 51.3 Å². The summed E-state index contributed by atoms with van der Waals surface area (Å²) in [5.74, 6) is -6.84. The van der Waals surface area contributed by atoms with Gasteiger partial charge in [-0.25, -0.2) is 14.8 Å². The Hall–Kier alpha value is -3.71. The summed E-state index contributed by atoms with van der Waals surface area (Å²) in [5, 5.41) is 10.1. The molecule has 2 aromatic rings. The summed E-state index contributed by atoms with van der Waals surface area (Å²) in [6, 6.07) is 2.20. The standard InChI is InChI=1S/C33H39F4N3O7/c1-32(2,3)21-14-26(41)47-25-11-16-10-20(16)19(25)6-4-5-9-33(36,37)27-28(45-18-13-24(30(43)44)40(15-18)29(21)42)39-23-12-17(46-31(34)35)7-8-22(23)38-27/h7-8,12,16,18-21,24-25,31H,4-6,9-11,13-15H2,1-3H3,(H,43,44)/t16-,18+,19+,20-,21+,24-,25+/m0/s1. The van der Waals surface area contributed by atoms with Crippen molar-refractivity contribution in [1.29, 1.82) is 0 Å². The number of nitrogens with zero attached hydrogens (tertiary/aromatic N) is 3. The molecule has 14 heteroatoms. The van der Waals surface area contributed by atoms with Gasteiger partial charge in [0.1, 0.15) is 24.0 Å². The molecule has 1 amide bonds. The van der Waals surface area contributed by atoms with Crippen molar-refractivity contribution in [1.82, 2.24) is 14.9 Å². The lowest BCUT2D eigenvalue weighted by molar-refractivity contribution is -0.159. The maximum absolute atomic E-state index is 16.0. The zero-order chi connectivity index (χ0) is 33.8. The highest BCUT2D eigenvalue weighted by Crippen LogP contribution is 2.58. The van der Waals surface area contributed by atoms with Crippen molar-refractivity contribution in [2.75, 3.05) is 6.54 Å². The Morgan fingerprint density at radius 3 is 2.53 bits per heavy atom. The number of aromatic nitrogens is 2. The van der Waals surface area contributed by atoms with Crippen molar-refractivity contribution in [2.45, 2.75) is 103 Å². The molecule has 1 N–H and O–H groups in total. The molecule has 2 saturated carbocycles. The average Bonchev–Trinajstić information content (AvgIpc) is 3.46. The number of esters is 1. The topological polar surface area (TPSA) is 128 Å². The number of halogens is 4. The quantitative estimate of drug-likeness (QED) is 0.313. The number of benzene rings is 1. The number of alkyl halides is 4. The van der Waals surface area contributed by atoms with Crippen molar-refractivity contribution in [3.05, 3.63) is 23.9 Å². The number of carboxylic acid groups (broad SMARTS) is 1. The van der Waals surface area contributed by atoms with Gasteiger partial charge in [-0.1, -0.05) is 27.2 Å². The molecule has 0 radical (unpaired) electrons. The predicted octanol–water partition coefficient (Wildman–Crippen LogP) is 5.95. The number of hydrogen-bond donors (Lipinski definition) is 1. The van der Waals surface area contributed by atoms with Gasteiger partial charge >= 0.3 is 18.6 Å². The lowest BCUT2D eigenvalue weighted by Crippen LogP contribution is -2.47. The van der Waals surface area contributed by atoms with Crippen LogP contribution < -0.4 is 9.47 Å². The van der Waals surface area contributed by atoms with Crippen LogP contribution in [0.25, 0.3) is 11.0 Å². The number of ether oxygens (including phenoxy) is 3. The molecule has 47 heavy (non-hydrogen) atoms. The van der Waals surface area contributed by atoms with Gasteiger partial charge in [-0.2, -0.15) is 17.6 Å². The van der Waals surface area contributed by atoms with E-state index in [4.69, 9.17) is 9.47 Å². The van der Waals surface area contributed by atoms with Crippen molar-refractivity contribution in [2.24, 2.45) is 29.1 Å². The van der Waals surface area contributed by atoms with Gasteiger partial charge in [0.15, 0.2) is 5.69 Å². The van der Waals surface area contributed by atoms with Gasteiger partial charge in [0.05, 0.1) is 29.9 Å². The molecule has 1 aromatic carbocycles. The maximum atomic E-state index is 16.0.